The molecule has 3 nitrogen and oxygen atoms in total. The van der Waals surface area contributed by atoms with E-state index in [0.717, 1.165) is 0 Å². The van der Waals surface area contributed by atoms with Crippen molar-refractivity contribution < 1.29 is 4.79 Å². The van der Waals surface area contributed by atoms with Gasteiger partial charge < -0.3 is 10.6 Å². The molecule has 3 heteroatoms. The molecule has 0 heterocycles. The number of amides is 1. The molecule has 0 unspecified atom stereocenters. The Kier molecular flexibility index (Phi) is 4.85. The van der Waals surface area contributed by atoms with Gasteiger partial charge in [-0.15, -0.1) is 6.58 Å². The maximum atomic E-state index is 11.9. The molecule has 1 atom stereocenters. The van der Waals surface area contributed by atoms with Gasteiger partial charge in [0.15, 0.2) is 0 Å². The number of carbonyl (C=O) groups is 1. The lowest BCUT2D eigenvalue weighted by molar-refractivity contribution is -0.134. The van der Waals surface area contributed by atoms with Crippen molar-refractivity contribution in [1.82, 2.24) is 4.90 Å². The summed E-state index contributed by atoms with van der Waals surface area (Å²) in [4.78, 5) is 13.6. The van der Waals surface area contributed by atoms with Crippen molar-refractivity contribution in [1.29, 1.82) is 0 Å². The Morgan fingerprint density at radius 2 is 2.07 bits per heavy atom. The minimum absolute atomic E-state index is 0.0000926. The van der Waals surface area contributed by atoms with Crippen LogP contribution in [0.2, 0.25) is 0 Å². The molecule has 0 saturated heterocycles. The molecule has 0 saturated carbocycles. The van der Waals surface area contributed by atoms with Gasteiger partial charge in [-0.3, -0.25) is 4.79 Å². The topological polar surface area (TPSA) is 46.3 Å². The fourth-order valence-corrected chi connectivity index (χ4v) is 1.10. The van der Waals surface area contributed by atoms with Gasteiger partial charge in [0, 0.05) is 13.1 Å². The lowest BCUT2D eigenvalue weighted by Gasteiger charge is -2.30. The quantitative estimate of drug-likeness (QED) is 0.694. The van der Waals surface area contributed by atoms with Crippen molar-refractivity contribution in [3.05, 3.63) is 12.7 Å². The molecule has 0 fully saturated rings. The largest absolute Gasteiger partial charge is 0.338 e. The highest BCUT2D eigenvalue weighted by Gasteiger charge is 2.29. The third-order valence-corrected chi connectivity index (χ3v) is 2.24. The second-order valence-corrected chi connectivity index (χ2v) is 4.51. The molecule has 0 aromatic rings. The summed E-state index contributed by atoms with van der Waals surface area (Å²) in [5.41, 5.74) is 5.69. The summed E-state index contributed by atoms with van der Waals surface area (Å²) in [7, 11) is 0. The second kappa shape index (κ2) is 5.15. The third-order valence-electron chi connectivity index (χ3n) is 2.24. The van der Waals surface area contributed by atoms with Crippen molar-refractivity contribution in [3.8, 4) is 0 Å². The summed E-state index contributed by atoms with van der Waals surface area (Å²) < 4.78 is 0. The Morgan fingerprint density at radius 3 is 2.36 bits per heavy atom. The molecule has 0 bridgehead atoms. The van der Waals surface area contributed by atoms with Gasteiger partial charge in [-0.2, -0.15) is 0 Å². The number of nitrogens with zero attached hydrogens (tertiary/aromatic N) is 1. The van der Waals surface area contributed by atoms with Crippen LogP contribution < -0.4 is 5.73 Å². The molecule has 0 aliphatic rings. The molecule has 0 radical (unpaired) electrons. The van der Waals surface area contributed by atoms with Gasteiger partial charge in [0.1, 0.15) is 0 Å². The number of carbonyl (C=O) groups excluding carboxylic acids is 1. The van der Waals surface area contributed by atoms with Crippen LogP contribution in [0.25, 0.3) is 0 Å². The van der Waals surface area contributed by atoms with Crippen LogP contribution in [0.4, 0.5) is 0 Å². The van der Waals surface area contributed by atoms with E-state index >= 15 is 0 Å². The Hall–Kier alpha value is -0.830. The molecule has 1 amide bonds. The standard InChI is InChI=1S/C11H22N2O/c1-6-8-13(7-2)10(14)9(12)11(3,4)5/h6,9H,1,7-8,12H2,2-5H3/t9-/m0/s1. The van der Waals surface area contributed by atoms with Crippen molar-refractivity contribution in [2.45, 2.75) is 33.7 Å². The van der Waals surface area contributed by atoms with Gasteiger partial charge in [0.2, 0.25) is 5.91 Å². The maximum Gasteiger partial charge on any atom is 0.240 e. The fraction of sp³-hybridized carbons (Fsp3) is 0.727. The highest BCUT2D eigenvalue weighted by atomic mass is 16.2. The predicted molar refractivity (Wildman–Crippen MR) is 59.9 cm³/mol. The molecule has 0 spiro atoms. The first-order chi connectivity index (χ1) is 6.34. The number of rotatable bonds is 4. The molecule has 0 aliphatic heterocycles. The fourth-order valence-electron chi connectivity index (χ4n) is 1.10. The summed E-state index contributed by atoms with van der Waals surface area (Å²) in [5, 5.41) is 0. The molecule has 82 valence electrons. The zero-order valence-electron chi connectivity index (χ0n) is 9.71. The Morgan fingerprint density at radius 1 is 1.57 bits per heavy atom. The first kappa shape index (κ1) is 13.2. The van der Waals surface area contributed by atoms with Crippen molar-refractivity contribution in [3.63, 3.8) is 0 Å². The van der Waals surface area contributed by atoms with Gasteiger partial charge in [-0.25, -0.2) is 0 Å². The van der Waals surface area contributed by atoms with Crippen LogP contribution in [-0.4, -0.2) is 29.9 Å². The summed E-state index contributed by atoms with van der Waals surface area (Å²) in [6.45, 7) is 12.7. The molecule has 2 N–H and O–H groups in total. The maximum absolute atomic E-state index is 11.9. The predicted octanol–water partition coefficient (Wildman–Crippen LogP) is 1.39. The van der Waals surface area contributed by atoms with Crippen molar-refractivity contribution >= 4 is 5.91 Å². The van der Waals surface area contributed by atoms with Crippen LogP contribution >= 0.6 is 0 Å². The number of hydrogen-bond acceptors (Lipinski definition) is 2. The molecule has 0 aromatic carbocycles. The third kappa shape index (κ3) is 3.50. The van der Waals surface area contributed by atoms with E-state index in [4.69, 9.17) is 5.73 Å². The second-order valence-electron chi connectivity index (χ2n) is 4.51. The normalized spacial score (nSPS) is 13.5. The van der Waals surface area contributed by atoms with Crippen molar-refractivity contribution in [2.24, 2.45) is 11.1 Å². The number of likely N-dealkylation sites (N-methyl/N-ethyl adjacent to an activating group) is 1. The summed E-state index contributed by atoms with van der Waals surface area (Å²) in [5.74, 6) is -0.0000926. The first-order valence-corrected chi connectivity index (χ1v) is 4.99. The van der Waals surface area contributed by atoms with E-state index in [-0.39, 0.29) is 11.3 Å². The Bertz CT molecular complexity index is 206. The van der Waals surface area contributed by atoms with E-state index < -0.39 is 6.04 Å². The van der Waals surface area contributed by atoms with Crippen LogP contribution in [-0.2, 0) is 4.79 Å². The molecule has 14 heavy (non-hydrogen) atoms. The van der Waals surface area contributed by atoms with Gasteiger partial charge >= 0.3 is 0 Å². The van der Waals surface area contributed by atoms with E-state index in [9.17, 15) is 4.79 Å². The monoisotopic (exact) mass is 198 g/mol. The van der Waals surface area contributed by atoms with Crippen LogP contribution in [0.1, 0.15) is 27.7 Å². The van der Waals surface area contributed by atoms with E-state index in [1.54, 1.807) is 11.0 Å². The Labute approximate surface area is 87.0 Å². The van der Waals surface area contributed by atoms with E-state index in [1.807, 2.05) is 27.7 Å². The zero-order chi connectivity index (χ0) is 11.4. The van der Waals surface area contributed by atoms with Crippen LogP contribution in [0.15, 0.2) is 12.7 Å². The summed E-state index contributed by atoms with van der Waals surface area (Å²) in [6.07, 6.45) is 1.72. The lowest BCUT2D eigenvalue weighted by Crippen LogP contribution is -2.50. The van der Waals surface area contributed by atoms with E-state index in [2.05, 4.69) is 6.58 Å². The molecule has 0 rings (SSSR count). The average molecular weight is 198 g/mol. The highest BCUT2D eigenvalue weighted by molar-refractivity contribution is 5.82. The van der Waals surface area contributed by atoms with E-state index in [1.165, 1.54) is 0 Å². The molecular formula is C11H22N2O. The average Bonchev–Trinajstić information content (AvgIpc) is 2.10. The summed E-state index contributed by atoms with van der Waals surface area (Å²) in [6, 6.07) is -0.442. The lowest BCUT2D eigenvalue weighted by atomic mass is 9.86. The van der Waals surface area contributed by atoms with Crippen LogP contribution in [0, 0.1) is 5.41 Å². The number of hydrogen-bond donors (Lipinski definition) is 1. The summed E-state index contributed by atoms with van der Waals surface area (Å²) >= 11 is 0. The minimum Gasteiger partial charge on any atom is -0.338 e. The van der Waals surface area contributed by atoms with Gasteiger partial charge in [-0.1, -0.05) is 26.8 Å². The number of nitrogens with two attached hydrogens (primary N) is 1. The van der Waals surface area contributed by atoms with E-state index in [0.29, 0.717) is 13.1 Å². The highest BCUT2D eigenvalue weighted by Crippen LogP contribution is 2.18. The molecular weight excluding hydrogens is 176 g/mol. The first-order valence-electron chi connectivity index (χ1n) is 4.99. The van der Waals surface area contributed by atoms with Crippen LogP contribution in [0.5, 0.6) is 0 Å². The minimum atomic E-state index is -0.442. The zero-order valence-corrected chi connectivity index (χ0v) is 9.71. The SMILES string of the molecule is C=CCN(CC)C(=O)[C@H](N)C(C)(C)C. The van der Waals surface area contributed by atoms with Crippen molar-refractivity contribution in [2.75, 3.05) is 13.1 Å². The smallest absolute Gasteiger partial charge is 0.240 e. The molecule has 0 aromatic heterocycles. The van der Waals surface area contributed by atoms with Gasteiger partial charge in [0.25, 0.3) is 0 Å². The van der Waals surface area contributed by atoms with Gasteiger partial charge in [-0.05, 0) is 12.3 Å². The Balaban J connectivity index is 4.50. The van der Waals surface area contributed by atoms with Gasteiger partial charge in [0.05, 0.1) is 6.04 Å². The molecule has 0 aliphatic carbocycles. The van der Waals surface area contributed by atoms with Crippen LogP contribution in [0.3, 0.4) is 0 Å².